The zero-order valence-corrected chi connectivity index (χ0v) is 22.8. The van der Waals surface area contributed by atoms with E-state index in [-0.39, 0.29) is 11.3 Å². The van der Waals surface area contributed by atoms with Gasteiger partial charge in [-0.05, 0) is 77.8 Å². The standard InChI is InChI=1S/C29H29BrN2O5/c1-5-31(6-2)20-13-10-18(11-14-20)26-25(27(33)19-12-15-24(37-4)23(30)16-19)28(34)29(35)32(26)21-8-7-9-22(17-21)36-3/h7-17,26,33H,5-6H2,1-4H3/b27-25+. The van der Waals surface area contributed by atoms with Crippen molar-refractivity contribution in [2.24, 2.45) is 0 Å². The Balaban J connectivity index is 1.91. The molecule has 1 aliphatic heterocycles. The minimum atomic E-state index is -0.835. The lowest BCUT2D eigenvalue weighted by Gasteiger charge is -2.27. The molecular formula is C29H29BrN2O5. The molecular weight excluding hydrogens is 536 g/mol. The number of hydrogen-bond donors (Lipinski definition) is 1. The summed E-state index contributed by atoms with van der Waals surface area (Å²) >= 11 is 3.43. The smallest absolute Gasteiger partial charge is 0.300 e. The highest BCUT2D eigenvalue weighted by molar-refractivity contribution is 9.10. The number of Topliss-reactive ketones (excluding diaryl/α,β-unsaturated/α-hetero) is 1. The summed E-state index contributed by atoms with van der Waals surface area (Å²) in [4.78, 5) is 30.5. The van der Waals surface area contributed by atoms with Crippen LogP contribution in [0.4, 0.5) is 11.4 Å². The maximum atomic E-state index is 13.4. The van der Waals surface area contributed by atoms with Crippen LogP contribution in [0.5, 0.6) is 11.5 Å². The number of ketones is 1. The second-order valence-electron chi connectivity index (χ2n) is 8.48. The van der Waals surface area contributed by atoms with Crippen LogP contribution in [0.1, 0.15) is 31.0 Å². The lowest BCUT2D eigenvalue weighted by molar-refractivity contribution is -0.132. The topological polar surface area (TPSA) is 79.3 Å². The molecule has 4 rings (SSSR count). The third-order valence-electron chi connectivity index (χ3n) is 6.54. The summed E-state index contributed by atoms with van der Waals surface area (Å²) in [5, 5.41) is 11.4. The van der Waals surface area contributed by atoms with E-state index in [4.69, 9.17) is 9.47 Å². The lowest BCUT2D eigenvalue weighted by atomic mass is 9.94. The van der Waals surface area contributed by atoms with Crippen molar-refractivity contribution >= 4 is 44.8 Å². The van der Waals surface area contributed by atoms with Crippen LogP contribution < -0.4 is 19.3 Å². The van der Waals surface area contributed by atoms with E-state index >= 15 is 0 Å². The first-order chi connectivity index (χ1) is 17.8. The molecule has 1 heterocycles. The molecule has 8 heteroatoms. The Morgan fingerprint density at radius 1 is 0.973 bits per heavy atom. The van der Waals surface area contributed by atoms with Crippen LogP contribution >= 0.6 is 15.9 Å². The number of aliphatic hydroxyl groups excluding tert-OH is 1. The van der Waals surface area contributed by atoms with Crippen LogP contribution in [-0.4, -0.2) is 44.1 Å². The minimum absolute atomic E-state index is 0.0143. The molecule has 0 bridgehead atoms. The van der Waals surface area contributed by atoms with Crippen LogP contribution in [-0.2, 0) is 9.59 Å². The first kappa shape index (κ1) is 26.3. The molecule has 1 N–H and O–H groups in total. The fraction of sp³-hybridized carbons (Fsp3) is 0.241. The number of methoxy groups -OCH3 is 2. The van der Waals surface area contributed by atoms with Crippen LogP contribution in [0.2, 0.25) is 0 Å². The van der Waals surface area contributed by atoms with E-state index in [1.165, 1.54) is 12.0 Å². The minimum Gasteiger partial charge on any atom is -0.507 e. The number of hydrogen-bond acceptors (Lipinski definition) is 6. The van der Waals surface area contributed by atoms with Crippen molar-refractivity contribution in [2.45, 2.75) is 19.9 Å². The van der Waals surface area contributed by atoms with E-state index in [0.717, 1.165) is 18.8 Å². The van der Waals surface area contributed by atoms with Crippen molar-refractivity contribution in [1.29, 1.82) is 0 Å². The number of halogens is 1. The molecule has 0 saturated carbocycles. The lowest BCUT2D eigenvalue weighted by Crippen LogP contribution is -2.29. The predicted octanol–water partition coefficient (Wildman–Crippen LogP) is 5.94. The number of rotatable bonds is 8. The van der Waals surface area contributed by atoms with E-state index in [9.17, 15) is 14.7 Å². The maximum absolute atomic E-state index is 13.4. The molecule has 37 heavy (non-hydrogen) atoms. The SMILES string of the molecule is CCN(CC)c1ccc(C2/C(=C(\O)c3ccc(OC)c(Br)c3)C(=O)C(=O)N2c2cccc(OC)c2)cc1. The maximum Gasteiger partial charge on any atom is 0.300 e. The van der Waals surface area contributed by atoms with E-state index in [1.807, 2.05) is 24.3 Å². The molecule has 3 aromatic rings. The van der Waals surface area contributed by atoms with E-state index < -0.39 is 17.7 Å². The Morgan fingerprint density at radius 3 is 2.27 bits per heavy atom. The van der Waals surface area contributed by atoms with Crippen LogP contribution in [0, 0.1) is 0 Å². The number of anilines is 2. The number of carbonyl (C=O) groups excluding carboxylic acids is 2. The van der Waals surface area contributed by atoms with Crippen molar-refractivity contribution in [1.82, 2.24) is 0 Å². The monoisotopic (exact) mass is 564 g/mol. The Bertz CT molecular complexity index is 1350. The average Bonchev–Trinajstić information content (AvgIpc) is 3.19. The van der Waals surface area contributed by atoms with Gasteiger partial charge in [0, 0.05) is 36.1 Å². The van der Waals surface area contributed by atoms with Gasteiger partial charge in [-0.2, -0.15) is 0 Å². The van der Waals surface area contributed by atoms with Gasteiger partial charge >= 0.3 is 0 Å². The second kappa shape index (κ2) is 11.1. The van der Waals surface area contributed by atoms with Crippen LogP contribution in [0.3, 0.4) is 0 Å². The molecule has 1 aliphatic rings. The molecule has 0 aliphatic carbocycles. The van der Waals surface area contributed by atoms with Gasteiger partial charge in [-0.3, -0.25) is 14.5 Å². The van der Waals surface area contributed by atoms with Crippen molar-refractivity contribution in [3.63, 3.8) is 0 Å². The van der Waals surface area contributed by atoms with E-state index in [1.54, 1.807) is 49.6 Å². The number of ether oxygens (including phenoxy) is 2. The van der Waals surface area contributed by atoms with E-state index in [0.29, 0.717) is 32.8 Å². The predicted molar refractivity (Wildman–Crippen MR) is 148 cm³/mol. The van der Waals surface area contributed by atoms with E-state index in [2.05, 4.69) is 34.7 Å². The Hall–Kier alpha value is -3.78. The number of benzene rings is 3. The molecule has 0 radical (unpaired) electrons. The molecule has 1 atom stereocenters. The Morgan fingerprint density at radius 2 is 1.68 bits per heavy atom. The van der Waals surface area contributed by atoms with Crippen molar-refractivity contribution < 1.29 is 24.2 Å². The molecule has 0 spiro atoms. The number of nitrogens with zero attached hydrogens (tertiary/aromatic N) is 2. The fourth-order valence-electron chi connectivity index (χ4n) is 4.60. The summed E-state index contributed by atoms with van der Waals surface area (Å²) in [5.74, 6) is -0.610. The molecule has 7 nitrogen and oxygen atoms in total. The number of amides is 1. The zero-order chi connectivity index (χ0) is 26.7. The highest BCUT2D eigenvalue weighted by Gasteiger charge is 2.47. The van der Waals surface area contributed by atoms with Gasteiger partial charge in [-0.1, -0.05) is 18.2 Å². The summed E-state index contributed by atoms with van der Waals surface area (Å²) < 4.78 is 11.3. The van der Waals surface area contributed by atoms with Crippen molar-refractivity contribution in [3.8, 4) is 11.5 Å². The summed E-state index contributed by atoms with van der Waals surface area (Å²) in [7, 11) is 3.08. The average molecular weight is 565 g/mol. The Kier molecular flexibility index (Phi) is 7.88. The Labute approximate surface area is 225 Å². The largest absolute Gasteiger partial charge is 0.507 e. The fourth-order valence-corrected chi connectivity index (χ4v) is 5.14. The highest BCUT2D eigenvalue weighted by Crippen LogP contribution is 2.43. The molecule has 1 unspecified atom stereocenters. The third kappa shape index (κ3) is 4.93. The molecule has 192 valence electrons. The van der Waals surface area contributed by atoms with Crippen LogP contribution in [0.25, 0.3) is 5.76 Å². The van der Waals surface area contributed by atoms with Crippen molar-refractivity contribution in [3.05, 3.63) is 87.9 Å². The number of aliphatic hydroxyl groups is 1. The number of carbonyl (C=O) groups is 2. The molecule has 0 aromatic heterocycles. The summed E-state index contributed by atoms with van der Waals surface area (Å²) in [6.07, 6.45) is 0. The van der Waals surface area contributed by atoms with Crippen molar-refractivity contribution in [2.75, 3.05) is 37.1 Å². The van der Waals surface area contributed by atoms with Gasteiger partial charge in [-0.25, -0.2) is 0 Å². The van der Waals surface area contributed by atoms with Gasteiger partial charge in [0.25, 0.3) is 11.7 Å². The molecule has 1 fully saturated rings. The summed E-state index contributed by atoms with van der Waals surface area (Å²) in [6.45, 7) is 5.87. The van der Waals surface area contributed by atoms with Gasteiger partial charge in [0.2, 0.25) is 0 Å². The highest BCUT2D eigenvalue weighted by atomic mass is 79.9. The third-order valence-corrected chi connectivity index (χ3v) is 7.16. The molecule has 1 saturated heterocycles. The summed E-state index contributed by atoms with van der Waals surface area (Å²) in [6, 6.07) is 18.9. The molecule has 1 amide bonds. The van der Waals surface area contributed by atoms with Crippen LogP contribution in [0.15, 0.2) is 76.8 Å². The zero-order valence-electron chi connectivity index (χ0n) is 21.2. The van der Waals surface area contributed by atoms with Gasteiger partial charge in [0.05, 0.1) is 30.3 Å². The van der Waals surface area contributed by atoms with Gasteiger partial charge < -0.3 is 19.5 Å². The first-order valence-electron chi connectivity index (χ1n) is 12.0. The summed E-state index contributed by atoms with van der Waals surface area (Å²) in [5.41, 5.74) is 2.63. The van der Waals surface area contributed by atoms with Gasteiger partial charge in [-0.15, -0.1) is 0 Å². The normalized spacial score (nSPS) is 16.7. The molecule has 3 aromatic carbocycles. The quantitative estimate of drug-likeness (QED) is 0.207. The first-order valence-corrected chi connectivity index (χ1v) is 12.8. The van der Waals surface area contributed by atoms with Gasteiger partial charge in [0.1, 0.15) is 17.3 Å². The second-order valence-corrected chi connectivity index (χ2v) is 9.34. The van der Waals surface area contributed by atoms with Gasteiger partial charge in [0.15, 0.2) is 0 Å².